The maximum Gasteiger partial charge on any atom is 0.334 e. The first-order valence-electron chi connectivity index (χ1n) is 5.42. The lowest BCUT2D eigenvalue weighted by atomic mass is 9.94. The largest absolute Gasteiger partial charge is 0.480 e. The smallest absolute Gasteiger partial charge is 0.334 e. The summed E-state index contributed by atoms with van der Waals surface area (Å²) in [4.78, 5) is 21.4. The molecule has 0 aromatic carbocycles. The van der Waals surface area contributed by atoms with Gasteiger partial charge in [-0.1, -0.05) is 19.3 Å². The fourth-order valence-electron chi connectivity index (χ4n) is 1.96. The molecule has 4 N–H and O–H groups in total. The number of aliphatic hydroxyl groups is 1. The molecule has 92 valence electrons. The van der Waals surface area contributed by atoms with Crippen molar-refractivity contribution in [2.45, 2.75) is 50.3 Å². The Morgan fingerprint density at radius 2 is 1.62 bits per heavy atom. The van der Waals surface area contributed by atoms with Gasteiger partial charge in [-0.05, 0) is 12.8 Å². The standard InChI is InChI=1S/C10H17NO5/c12-8(10(15)16)7(9(13)14)11-6-4-2-1-3-5-6/h6-8,11-12H,1-5H2,(H,13,14)(H,15,16)/t7-,8+/m0/s1. The molecule has 0 unspecified atom stereocenters. The molecule has 1 saturated carbocycles. The third kappa shape index (κ3) is 3.46. The Morgan fingerprint density at radius 3 is 2.06 bits per heavy atom. The second kappa shape index (κ2) is 5.81. The minimum Gasteiger partial charge on any atom is -0.480 e. The molecular weight excluding hydrogens is 214 g/mol. The van der Waals surface area contributed by atoms with E-state index >= 15 is 0 Å². The minimum absolute atomic E-state index is 0.0103. The molecule has 6 nitrogen and oxygen atoms in total. The van der Waals surface area contributed by atoms with Crippen LogP contribution < -0.4 is 5.32 Å². The normalized spacial score (nSPS) is 21.3. The van der Waals surface area contributed by atoms with Gasteiger partial charge < -0.3 is 15.3 Å². The number of nitrogens with one attached hydrogen (secondary N) is 1. The van der Waals surface area contributed by atoms with Crippen LogP contribution in [0, 0.1) is 0 Å². The molecule has 1 rings (SSSR count). The molecule has 0 saturated heterocycles. The predicted octanol–water partition coefficient (Wildman–Crippen LogP) is -0.193. The molecule has 0 amide bonds. The Morgan fingerprint density at radius 1 is 1.06 bits per heavy atom. The number of aliphatic carboxylic acids is 2. The van der Waals surface area contributed by atoms with Crippen molar-refractivity contribution in [1.82, 2.24) is 5.32 Å². The van der Waals surface area contributed by atoms with E-state index in [1.165, 1.54) is 0 Å². The highest BCUT2D eigenvalue weighted by atomic mass is 16.4. The van der Waals surface area contributed by atoms with Crippen molar-refractivity contribution in [1.29, 1.82) is 0 Å². The predicted molar refractivity (Wildman–Crippen MR) is 55.1 cm³/mol. The number of carboxylic acids is 2. The Labute approximate surface area is 93.3 Å². The summed E-state index contributed by atoms with van der Waals surface area (Å²) in [5.74, 6) is -2.85. The summed E-state index contributed by atoms with van der Waals surface area (Å²) in [5.41, 5.74) is 0. The molecule has 0 heterocycles. The molecule has 0 spiro atoms. The quantitative estimate of drug-likeness (QED) is 0.522. The van der Waals surface area contributed by atoms with E-state index in [4.69, 9.17) is 10.2 Å². The first-order valence-corrected chi connectivity index (χ1v) is 5.42. The van der Waals surface area contributed by atoms with Crippen molar-refractivity contribution in [2.75, 3.05) is 0 Å². The average molecular weight is 231 g/mol. The van der Waals surface area contributed by atoms with Gasteiger partial charge in [0.1, 0.15) is 6.04 Å². The molecule has 16 heavy (non-hydrogen) atoms. The lowest BCUT2D eigenvalue weighted by molar-refractivity contribution is -0.156. The lowest BCUT2D eigenvalue weighted by Gasteiger charge is -2.27. The Kier molecular flexibility index (Phi) is 4.70. The van der Waals surface area contributed by atoms with Gasteiger partial charge in [-0.2, -0.15) is 0 Å². The lowest BCUT2D eigenvalue weighted by Crippen LogP contribution is -2.53. The maximum atomic E-state index is 10.8. The molecule has 1 fully saturated rings. The van der Waals surface area contributed by atoms with Gasteiger partial charge in [0.05, 0.1) is 0 Å². The number of carboxylic acid groups (broad SMARTS) is 2. The van der Waals surface area contributed by atoms with Gasteiger partial charge in [-0.15, -0.1) is 0 Å². The van der Waals surface area contributed by atoms with E-state index in [9.17, 15) is 14.7 Å². The number of rotatable bonds is 5. The van der Waals surface area contributed by atoms with E-state index in [1.54, 1.807) is 0 Å². The van der Waals surface area contributed by atoms with E-state index in [-0.39, 0.29) is 6.04 Å². The third-order valence-electron chi connectivity index (χ3n) is 2.86. The van der Waals surface area contributed by atoms with Crippen molar-refractivity contribution in [3.8, 4) is 0 Å². The molecule has 6 heteroatoms. The molecule has 0 aliphatic heterocycles. The van der Waals surface area contributed by atoms with E-state index in [0.29, 0.717) is 0 Å². The van der Waals surface area contributed by atoms with E-state index < -0.39 is 24.1 Å². The summed E-state index contributed by atoms with van der Waals surface area (Å²) in [6.07, 6.45) is 2.89. The highest BCUT2D eigenvalue weighted by molar-refractivity contribution is 5.84. The van der Waals surface area contributed by atoms with E-state index in [0.717, 1.165) is 32.1 Å². The zero-order valence-corrected chi connectivity index (χ0v) is 8.93. The van der Waals surface area contributed by atoms with Gasteiger partial charge >= 0.3 is 11.9 Å². The molecule has 0 aromatic rings. The second-order valence-electron chi connectivity index (χ2n) is 4.10. The summed E-state index contributed by atoms with van der Waals surface area (Å²) in [7, 11) is 0. The van der Waals surface area contributed by atoms with Gasteiger partial charge in [0, 0.05) is 6.04 Å². The molecule has 0 radical (unpaired) electrons. The van der Waals surface area contributed by atoms with Crippen molar-refractivity contribution < 1.29 is 24.9 Å². The minimum atomic E-state index is -1.90. The van der Waals surface area contributed by atoms with Crippen molar-refractivity contribution >= 4 is 11.9 Å². The van der Waals surface area contributed by atoms with Gasteiger partial charge in [0.2, 0.25) is 0 Å². The van der Waals surface area contributed by atoms with Crippen LogP contribution >= 0.6 is 0 Å². The monoisotopic (exact) mass is 231 g/mol. The van der Waals surface area contributed by atoms with Crippen LogP contribution in [-0.4, -0.2) is 45.4 Å². The van der Waals surface area contributed by atoms with Crippen LogP contribution in [0.3, 0.4) is 0 Å². The zero-order chi connectivity index (χ0) is 12.1. The molecule has 0 bridgehead atoms. The van der Waals surface area contributed by atoms with Gasteiger partial charge in [-0.3, -0.25) is 10.1 Å². The van der Waals surface area contributed by atoms with E-state index in [1.807, 2.05) is 0 Å². The SMILES string of the molecule is O=C(O)[C@@H](NC1CCCCC1)[C@@H](O)C(=O)O. The summed E-state index contributed by atoms with van der Waals surface area (Å²) in [6, 6.07) is -1.44. The highest BCUT2D eigenvalue weighted by Crippen LogP contribution is 2.18. The number of carbonyl (C=O) groups is 2. The maximum absolute atomic E-state index is 10.8. The van der Waals surface area contributed by atoms with Crippen LogP contribution in [0.1, 0.15) is 32.1 Å². The first-order chi connectivity index (χ1) is 7.52. The summed E-state index contributed by atoms with van der Waals surface area (Å²) in [6.45, 7) is 0. The zero-order valence-electron chi connectivity index (χ0n) is 8.93. The van der Waals surface area contributed by atoms with Gasteiger partial charge in [-0.25, -0.2) is 4.79 Å². The Balaban J connectivity index is 2.56. The number of hydrogen-bond donors (Lipinski definition) is 4. The average Bonchev–Trinajstić information content (AvgIpc) is 2.26. The number of aliphatic hydroxyl groups excluding tert-OH is 1. The summed E-state index contributed by atoms with van der Waals surface area (Å²) < 4.78 is 0. The fraction of sp³-hybridized carbons (Fsp3) is 0.800. The first kappa shape index (κ1) is 12.9. The topological polar surface area (TPSA) is 107 Å². The Bertz CT molecular complexity index is 262. The molecule has 2 atom stereocenters. The summed E-state index contributed by atoms with van der Waals surface area (Å²) in [5, 5.41) is 29.4. The molecule has 1 aliphatic rings. The van der Waals surface area contributed by atoms with Crippen molar-refractivity contribution in [3.63, 3.8) is 0 Å². The molecule has 0 aromatic heterocycles. The summed E-state index contributed by atoms with van der Waals surface area (Å²) >= 11 is 0. The second-order valence-corrected chi connectivity index (χ2v) is 4.10. The van der Waals surface area contributed by atoms with E-state index in [2.05, 4.69) is 5.32 Å². The molecular formula is C10H17NO5. The number of hydrogen-bond acceptors (Lipinski definition) is 4. The molecule has 1 aliphatic carbocycles. The van der Waals surface area contributed by atoms with Crippen molar-refractivity contribution in [3.05, 3.63) is 0 Å². The van der Waals surface area contributed by atoms with Crippen LogP contribution in [0.2, 0.25) is 0 Å². The third-order valence-corrected chi connectivity index (χ3v) is 2.86. The van der Waals surface area contributed by atoms with Crippen molar-refractivity contribution in [2.24, 2.45) is 0 Å². The van der Waals surface area contributed by atoms with Crippen LogP contribution in [0.5, 0.6) is 0 Å². The van der Waals surface area contributed by atoms with Gasteiger partial charge in [0.15, 0.2) is 6.10 Å². The van der Waals surface area contributed by atoms with Crippen LogP contribution in [0.25, 0.3) is 0 Å². The highest BCUT2D eigenvalue weighted by Gasteiger charge is 2.33. The van der Waals surface area contributed by atoms with Crippen LogP contribution in [-0.2, 0) is 9.59 Å². The fourth-order valence-corrected chi connectivity index (χ4v) is 1.96. The van der Waals surface area contributed by atoms with Crippen LogP contribution in [0.15, 0.2) is 0 Å². The Hall–Kier alpha value is -1.14. The van der Waals surface area contributed by atoms with Gasteiger partial charge in [0.25, 0.3) is 0 Å². The van der Waals surface area contributed by atoms with Crippen LogP contribution in [0.4, 0.5) is 0 Å².